The molecule has 0 fully saturated rings. The quantitative estimate of drug-likeness (QED) is 0.201. The first-order chi connectivity index (χ1) is 17.5. The van der Waals surface area contributed by atoms with Gasteiger partial charge in [-0.05, 0) is 41.7 Å². The summed E-state index contributed by atoms with van der Waals surface area (Å²) >= 11 is 0. The molecule has 0 aromatic heterocycles. The second-order valence-electron chi connectivity index (χ2n) is 9.24. The standard InChI is InChI=1S/C30H32N2O4/c1-3-4-6-11-24(33)17-25(34)13-12-22-15-28(30(35)29(16-22)36-2)32-19-26-23(18-31-27(26)20-32)14-21-9-7-5-8-10-21/h5,7-10,12-13,15-16,18-19,35H,3-4,6,11,14,17,20H2,1-2H3/p+1. The molecule has 2 aromatic rings. The Balaban J connectivity index is 1.50. The van der Waals surface area contributed by atoms with Gasteiger partial charge in [-0.25, -0.2) is 0 Å². The molecule has 4 rings (SSSR count). The number of unbranched alkanes of at least 4 members (excludes halogenated alkanes) is 2. The van der Waals surface area contributed by atoms with Crippen molar-refractivity contribution in [2.45, 2.75) is 45.4 Å². The van der Waals surface area contributed by atoms with Gasteiger partial charge >= 0.3 is 0 Å². The topological polar surface area (TPSA) is 80.4 Å². The number of nitrogens with one attached hydrogen (secondary N) is 1. The van der Waals surface area contributed by atoms with Crippen LogP contribution in [0.5, 0.6) is 11.5 Å². The molecule has 0 saturated carbocycles. The Morgan fingerprint density at radius 1 is 1.17 bits per heavy atom. The zero-order chi connectivity index (χ0) is 25.5. The molecule has 2 N–H and O–H groups in total. The van der Waals surface area contributed by atoms with Crippen LogP contribution < -0.4 is 9.64 Å². The summed E-state index contributed by atoms with van der Waals surface area (Å²) < 4.78 is 5.41. The third-order valence-corrected chi connectivity index (χ3v) is 6.50. The molecule has 0 aliphatic carbocycles. The molecule has 2 aromatic carbocycles. The number of hydrogen-bond acceptors (Lipinski definition) is 5. The van der Waals surface area contributed by atoms with Crippen LogP contribution in [0.3, 0.4) is 0 Å². The zero-order valence-electron chi connectivity index (χ0n) is 20.9. The van der Waals surface area contributed by atoms with E-state index in [1.54, 1.807) is 12.1 Å². The van der Waals surface area contributed by atoms with Crippen LogP contribution in [0.25, 0.3) is 6.08 Å². The SMILES string of the molecule is CCCCCC(=O)CC(=O)C=Cc1cc(OC)c(O)c([NH+]2C=C3C(Cc4ccccc4)=CN=C3C2)c1. The van der Waals surface area contributed by atoms with Gasteiger partial charge in [-0.2, -0.15) is 0 Å². The monoisotopic (exact) mass is 485 g/mol. The van der Waals surface area contributed by atoms with Gasteiger partial charge in [0, 0.05) is 18.7 Å². The summed E-state index contributed by atoms with van der Waals surface area (Å²) in [7, 11) is 1.50. The lowest BCUT2D eigenvalue weighted by molar-refractivity contribution is -0.760. The smallest absolute Gasteiger partial charge is 0.220 e. The third kappa shape index (κ3) is 6.07. The van der Waals surface area contributed by atoms with E-state index in [4.69, 9.17) is 4.74 Å². The van der Waals surface area contributed by atoms with E-state index in [1.165, 1.54) is 18.7 Å². The van der Waals surface area contributed by atoms with Crippen LogP contribution >= 0.6 is 0 Å². The van der Waals surface area contributed by atoms with Gasteiger partial charge in [0.05, 0.1) is 19.1 Å². The molecular weight excluding hydrogens is 452 g/mol. The van der Waals surface area contributed by atoms with Gasteiger partial charge in [0.25, 0.3) is 0 Å². The molecule has 0 bridgehead atoms. The molecule has 1 atom stereocenters. The molecule has 0 amide bonds. The highest BCUT2D eigenvalue weighted by atomic mass is 16.5. The van der Waals surface area contributed by atoms with Gasteiger partial charge in [-0.3, -0.25) is 19.5 Å². The number of aromatic hydroxyl groups is 1. The fourth-order valence-electron chi connectivity index (χ4n) is 4.56. The van der Waals surface area contributed by atoms with Crippen molar-refractivity contribution in [3.63, 3.8) is 0 Å². The molecule has 2 aliphatic rings. The van der Waals surface area contributed by atoms with Crippen LogP contribution in [0.2, 0.25) is 0 Å². The van der Waals surface area contributed by atoms with Gasteiger partial charge in [0.1, 0.15) is 24.2 Å². The van der Waals surface area contributed by atoms with Crippen molar-refractivity contribution in [2.75, 3.05) is 13.7 Å². The van der Waals surface area contributed by atoms with E-state index in [-0.39, 0.29) is 23.7 Å². The van der Waals surface area contributed by atoms with Gasteiger partial charge in [0.15, 0.2) is 17.2 Å². The maximum atomic E-state index is 12.3. The number of carbonyl (C=O) groups is 2. The average molecular weight is 486 g/mol. The number of phenols is 1. The number of nitrogens with zero attached hydrogens (tertiary/aromatic N) is 1. The fraction of sp³-hybridized carbons (Fsp3) is 0.300. The first-order valence-electron chi connectivity index (χ1n) is 12.5. The molecule has 36 heavy (non-hydrogen) atoms. The summed E-state index contributed by atoms with van der Waals surface area (Å²) in [4.78, 5) is 29.9. The Hall–Kier alpha value is -3.77. The number of benzene rings is 2. The van der Waals surface area contributed by atoms with E-state index in [9.17, 15) is 14.7 Å². The fourth-order valence-corrected chi connectivity index (χ4v) is 4.56. The second kappa shape index (κ2) is 11.8. The number of carbonyl (C=O) groups excluding carboxylic acids is 2. The summed E-state index contributed by atoms with van der Waals surface area (Å²) in [5.74, 6) is 0.149. The Bertz CT molecular complexity index is 1260. The molecule has 0 saturated heterocycles. The molecule has 6 heteroatoms. The Morgan fingerprint density at radius 3 is 2.72 bits per heavy atom. The number of ether oxygens (including phenoxy) is 1. The Kier molecular flexibility index (Phi) is 8.28. The van der Waals surface area contributed by atoms with Crippen LogP contribution in [-0.4, -0.2) is 36.0 Å². The average Bonchev–Trinajstić information content (AvgIpc) is 3.46. The predicted molar refractivity (Wildman–Crippen MR) is 142 cm³/mol. The van der Waals surface area contributed by atoms with Crippen LogP contribution in [0.15, 0.2) is 77.1 Å². The number of aliphatic imine (C=N–C) groups is 1. The summed E-state index contributed by atoms with van der Waals surface area (Å²) in [6.45, 7) is 2.69. The molecule has 2 aliphatic heterocycles. The van der Waals surface area contributed by atoms with E-state index < -0.39 is 0 Å². The first kappa shape index (κ1) is 25.3. The molecule has 2 heterocycles. The molecule has 0 spiro atoms. The molecular formula is C30H33N2O4+. The molecule has 6 nitrogen and oxygen atoms in total. The maximum absolute atomic E-state index is 12.3. The Labute approximate surface area is 212 Å². The second-order valence-corrected chi connectivity index (χ2v) is 9.24. The van der Waals surface area contributed by atoms with Crippen molar-refractivity contribution in [3.05, 3.63) is 83.2 Å². The first-order valence-corrected chi connectivity index (χ1v) is 12.5. The zero-order valence-corrected chi connectivity index (χ0v) is 20.9. The van der Waals surface area contributed by atoms with E-state index in [0.717, 1.165) is 53.0 Å². The number of allylic oxidation sites excluding steroid dienone is 2. The van der Waals surface area contributed by atoms with Crippen LogP contribution in [-0.2, 0) is 16.0 Å². The highest BCUT2D eigenvalue weighted by molar-refractivity contribution is 6.08. The summed E-state index contributed by atoms with van der Waals surface area (Å²) in [5.41, 5.74) is 5.84. The highest BCUT2D eigenvalue weighted by Gasteiger charge is 2.33. The van der Waals surface area contributed by atoms with Crippen molar-refractivity contribution in [3.8, 4) is 11.5 Å². The van der Waals surface area contributed by atoms with Crippen LogP contribution in [0.4, 0.5) is 5.69 Å². The van der Waals surface area contributed by atoms with Crippen molar-refractivity contribution in [1.29, 1.82) is 0 Å². The van der Waals surface area contributed by atoms with Crippen molar-refractivity contribution >= 4 is 29.0 Å². The lowest BCUT2D eigenvalue weighted by atomic mass is 9.99. The van der Waals surface area contributed by atoms with Gasteiger partial charge in [0.2, 0.25) is 5.75 Å². The van der Waals surface area contributed by atoms with E-state index in [0.29, 0.717) is 24.4 Å². The number of rotatable bonds is 12. The van der Waals surface area contributed by atoms with Gasteiger partial charge < -0.3 is 9.84 Å². The minimum Gasteiger partial charge on any atom is -0.500 e. The van der Waals surface area contributed by atoms with E-state index >= 15 is 0 Å². The Morgan fingerprint density at radius 2 is 1.97 bits per heavy atom. The largest absolute Gasteiger partial charge is 0.500 e. The summed E-state index contributed by atoms with van der Waals surface area (Å²) in [6, 6.07) is 13.8. The maximum Gasteiger partial charge on any atom is 0.220 e. The lowest BCUT2D eigenvalue weighted by Crippen LogP contribution is -3.01. The summed E-state index contributed by atoms with van der Waals surface area (Å²) in [6.07, 6.45) is 11.2. The van der Waals surface area contributed by atoms with Crippen molar-refractivity contribution in [2.24, 2.45) is 4.99 Å². The molecule has 1 unspecified atom stereocenters. The number of hydrogen-bond donors (Lipinski definition) is 2. The summed E-state index contributed by atoms with van der Waals surface area (Å²) in [5, 5.41) is 10.9. The highest BCUT2D eigenvalue weighted by Crippen LogP contribution is 2.35. The number of ketones is 2. The normalized spacial score (nSPS) is 16.5. The number of Topliss-reactive ketones (excluding diaryl/α,β-unsaturated/α-hetero) is 1. The van der Waals surface area contributed by atoms with E-state index in [1.807, 2.05) is 30.5 Å². The number of quaternary nitrogens is 1. The number of methoxy groups -OCH3 is 1. The predicted octanol–water partition coefficient (Wildman–Crippen LogP) is 4.52. The van der Waals surface area contributed by atoms with Crippen LogP contribution in [0, 0.1) is 0 Å². The van der Waals surface area contributed by atoms with Gasteiger partial charge in [-0.1, -0.05) is 56.2 Å². The van der Waals surface area contributed by atoms with Crippen molar-refractivity contribution in [1.82, 2.24) is 0 Å². The minimum atomic E-state index is -0.222. The van der Waals surface area contributed by atoms with Crippen LogP contribution in [0.1, 0.15) is 50.2 Å². The van der Waals surface area contributed by atoms with Crippen molar-refractivity contribution < 1.29 is 24.3 Å². The van der Waals surface area contributed by atoms with Gasteiger partial charge in [-0.15, -0.1) is 0 Å². The molecule has 0 radical (unpaired) electrons. The number of phenolic OH excluding ortho intramolecular Hbond substituents is 1. The minimum absolute atomic E-state index is 0.0260. The number of fused-ring (bicyclic) bond motifs is 1. The lowest BCUT2D eigenvalue weighted by Gasteiger charge is -2.14. The van der Waals surface area contributed by atoms with E-state index in [2.05, 4.69) is 30.2 Å². The molecule has 186 valence electrons. The third-order valence-electron chi connectivity index (χ3n) is 6.50.